The quantitative estimate of drug-likeness (QED) is 0.610. The van der Waals surface area contributed by atoms with Crippen LogP contribution < -0.4 is 5.06 Å². The highest BCUT2D eigenvalue weighted by atomic mass is 16.5. The largest absolute Gasteiger partial charge is 0.758 e. The summed E-state index contributed by atoms with van der Waals surface area (Å²) in [5.74, 6) is 0.468. The molecule has 0 amide bonds. The third kappa shape index (κ3) is 4.48. The van der Waals surface area contributed by atoms with E-state index in [1.54, 1.807) is 19.9 Å². The van der Waals surface area contributed by atoms with Gasteiger partial charge in [-0.15, -0.1) is 0 Å². The summed E-state index contributed by atoms with van der Waals surface area (Å²) in [6.07, 6.45) is 5.78. The molecule has 30 heavy (non-hydrogen) atoms. The van der Waals surface area contributed by atoms with Crippen LogP contribution in [-0.2, 0) is 4.74 Å². The molecule has 5 nitrogen and oxygen atoms in total. The third-order valence-electron chi connectivity index (χ3n) is 6.11. The van der Waals surface area contributed by atoms with Crippen LogP contribution in [0.4, 0.5) is 5.69 Å². The van der Waals surface area contributed by atoms with Gasteiger partial charge in [0.15, 0.2) is 6.10 Å². The SMILES string of the molecule is CC(C)=CCC/C(C)=C/CC[C@](C)(O)[C@@H]1OC2=C(c3ccccc3N([O-])C2C)[C@@H]1O. The topological polar surface area (TPSA) is 76.0 Å². The first kappa shape index (κ1) is 22.6. The fraction of sp³-hybridized carbons (Fsp3) is 0.520. The van der Waals surface area contributed by atoms with Crippen LogP contribution in [0.1, 0.15) is 65.9 Å². The molecule has 2 heterocycles. The van der Waals surface area contributed by atoms with Crippen LogP contribution in [0.15, 0.2) is 53.3 Å². The first-order valence-corrected chi connectivity index (χ1v) is 10.8. The number of hydrogen-bond acceptors (Lipinski definition) is 5. The van der Waals surface area contributed by atoms with E-state index in [4.69, 9.17) is 4.74 Å². The molecule has 0 fully saturated rings. The van der Waals surface area contributed by atoms with Gasteiger partial charge < -0.3 is 25.2 Å². The molecule has 2 aliphatic heterocycles. The van der Waals surface area contributed by atoms with Crippen LogP contribution in [0.3, 0.4) is 0 Å². The van der Waals surface area contributed by atoms with Crippen LogP contribution in [-0.4, -0.2) is 34.1 Å². The summed E-state index contributed by atoms with van der Waals surface area (Å²) in [5.41, 5.74) is 3.22. The Morgan fingerprint density at radius 3 is 2.60 bits per heavy atom. The molecule has 4 atom stereocenters. The van der Waals surface area contributed by atoms with E-state index in [9.17, 15) is 15.4 Å². The summed E-state index contributed by atoms with van der Waals surface area (Å²) >= 11 is 0. The molecule has 164 valence electrons. The Balaban J connectivity index is 1.70. The zero-order chi connectivity index (χ0) is 22.1. The zero-order valence-corrected chi connectivity index (χ0v) is 18.7. The zero-order valence-electron chi connectivity index (χ0n) is 18.7. The Kier molecular flexibility index (Phi) is 6.75. The van der Waals surface area contributed by atoms with Gasteiger partial charge in [0.05, 0.1) is 6.04 Å². The van der Waals surface area contributed by atoms with E-state index in [1.807, 2.05) is 18.2 Å². The number of hydroxylamine groups is 1. The highest BCUT2D eigenvalue weighted by Gasteiger charge is 2.49. The van der Waals surface area contributed by atoms with Crippen LogP contribution in [0.5, 0.6) is 0 Å². The fourth-order valence-electron chi connectivity index (χ4n) is 4.30. The molecular formula is C25H34NO4-. The van der Waals surface area contributed by atoms with Gasteiger partial charge in [-0.2, -0.15) is 0 Å². The Hall–Kier alpha value is -2.08. The van der Waals surface area contributed by atoms with Crippen LogP contribution in [0.25, 0.3) is 5.57 Å². The van der Waals surface area contributed by atoms with Gasteiger partial charge in [-0.25, -0.2) is 0 Å². The lowest BCUT2D eigenvalue weighted by Crippen LogP contribution is -2.46. The average molecular weight is 413 g/mol. The number of nitrogens with zero attached hydrogens (tertiary/aromatic N) is 1. The summed E-state index contributed by atoms with van der Waals surface area (Å²) in [6, 6.07) is 6.69. The normalized spacial score (nSPS) is 25.4. The molecule has 0 saturated heterocycles. The third-order valence-corrected chi connectivity index (χ3v) is 6.11. The van der Waals surface area contributed by atoms with Gasteiger partial charge >= 0.3 is 0 Å². The smallest absolute Gasteiger partial charge is 0.157 e. The van der Waals surface area contributed by atoms with Crippen molar-refractivity contribution in [1.29, 1.82) is 0 Å². The fourth-order valence-corrected chi connectivity index (χ4v) is 4.30. The number of rotatable bonds is 7. The Morgan fingerprint density at radius 2 is 1.90 bits per heavy atom. The summed E-state index contributed by atoms with van der Waals surface area (Å²) in [6.45, 7) is 9.78. The Bertz CT molecular complexity index is 864. The number of aliphatic hydroxyl groups is 2. The number of hydrogen-bond donors (Lipinski definition) is 2. The lowest BCUT2D eigenvalue weighted by molar-refractivity contribution is -0.104. The molecule has 0 aromatic heterocycles. The van der Waals surface area contributed by atoms with Gasteiger partial charge in [-0.3, -0.25) is 0 Å². The van der Waals surface area contributed by atoms with Crippen molar-refractivity contribution in [3.63, 3.8) is 0 Å². The molecule has 1 unspecified atom stereocenters. The molecule has 0 spiro atoms. The van der Waals surface area contributed by atoms with Crippen molar-refractivity contribution in [2.75, 3.05) is 5.06 Å². The van der Waals surface area contributed by atoms with Gasteiger partial charge in [0.1, 0.15) is 17.5 Å². The number of allylic oxidation sites excluding steroid dienone is 4. The monoisotopic (exact) mass is 412 g/mol. The van der Waals surface area contributed by atoms with Crippen LogP contribution in [0, 0.1) is 5.21 Å². The minimum atomic E-state index is -1.23. The first-order valence-electron chi connectivity index (χ1n) is 10.8. The molecule has 1 aromatic carbocycles. The van der Waals surface area contributed by atoms with Crippen molar-refractivity contribution in [2.45, 2.75) is 84.2 Å². The van der Waals surface area contributed by atoms with Crippen molar-refractivity contribution in [2.24, 2.45) is 0 Å². The minimum absolute atomic E-state index is 0.465. The number of ether oxygens (including phenoxy) is 1. The predicted octanol–water partition coefficient (Wildman–Crippen LogP) is 5.09. The first-order chi connectivity index (χ1) is 14.1. The number of aliphatic hydroxyl groups excluding tert-OH is 1. The Labute approximate surface area is 179 Å². The lowest BCUT2D eigenvalue weighted by Gasteiger charge is -2.42. The number of para-hydroxylation sites is 1. The Morgan fingerprint density at radius 1 is 1.20 bits per heavy atom. The molecule has 5 heteroatoms. The van der Waals surface area contributed by atoms with Gasteiger partial charge in [0, 0.05) is 16.8 Å². The molecule has 0 radical (unpaired) electrons. The van der Waals surface area contributed by atoms with E-state index in [0.717, 1.165) is 17.9 Å². The van der Waals surface area contributed by atoms with E-state index in [1.165, 1.54) is 11.1 Å². The second-order valence-corrected chi connectivity index (χ2v) is 9.05. The summed E-state index contributed by atoms with van der Waals surface area (Å²) in [5, 5.41) is 35.8. The molecule has 0 bridgehead atoms. The van der Waals surface area contributed by atoms with E-state index in [-0.39, 0.29) is 0 Å². The predicted molar refractivity (Wildman–Crippen MR) is 122 cm³/mol. The van der Waals surface area contributed by atoms with E-state index in [2.05, 4.69) is 32.9 Å². The highest BCUT2D eigenvalue weighted by molar-refractivity contribution is 5.86. The van der Waals surface area contributed by atoms with Crippen LogP contribution in [0.2, 0.25) is 0 Å². The van der Waals surface area contributed by atoms with Crippen molar-refractivity contribution >= 4 is 11.3 Å². The van der Waals surface area contributed by atoms with Crippen LogP contribution >= 0.6 is 0 Å². The van der Waals surface area contributed by atoms with Gasteiger partial charge in [0.25, 0.3) is 0 Å². The molecule has 0 aliphatic carbocycles. The van der Waals surface area contributed by atoms with Crippen molar-refractivity contribution in [1.82, 2.24) is 0 Å². The summed E-state index contributed by atoms with van der Waals surface area (Å²) in [7, 11) is 0. The van der Waals surface area contributed by atoms with Crippen molar-refractivity contribution in [3.05, 3.63) is 64.1 Å². The second kappa shape index (κ2) is 8.96. The maximum absolute atomic E-state index is 12.6. The van der Waals surface area contributed by atoms with Gasteiger partial charge in [-0.05, 0) is 66.4 Å². The number of fused-ring (bicyclic) bond motifs is 2. The number of anilines is 1. The van der Waals surface area contributed by atoms with Gasteiger partial charge in [-0.1, -0.05) is 41.5 Å². The molecule has 2 N–H and O–H groups in total. The van der Waals surface area contributed by atoms with E-state index >= 15 is 0 Å². The van der Waals surface area contributed by atoms with E-state index in [0.29, 0.717) is 35.4 Å². The maximum atomic E-state index is 12.6. The number of benzene rings is 1. The molecule has 0 saturated carbocycles. The second-order valence-electron chi connectivity index (χ2n) is 9.05. The lowest BCUT2D eigenvalue weighted by atomic mass is 9.85. The minimum Gasteiger partial charge on any atom is -0.758 e. The average Bonchev–Trinajstić information content (AvgIpc) is 3.04. The summed E-state index contributed by atoms with van der Waals surface area (Å²) < 4.78 is 6.04. The molecule has 1 aromatic rings. The summed E-state index contributed by atoms with van der Waals surface area (Å²) in [4.78, 5) is 0. The van der Waals surface area contributed by atoms with Crippen molar-refractivity contribution < 1.29 is 14.9 Å². The van der Waals surface area contributed by atoms with Gasteiger partial charge in [0.2, 0.25) is 0 Å². The maximum Gasteiger partial charge on any atom is 0.157 e. The van der Waals surface area contributed by atoms with E-state index < -0.39 is 23.9 Å². The molecule has 2 aliphatic rings. The molecule has 3 rings (SSSR count). The standard InChI is InChI=1S/C25H34NO4/c1-16(2)10-8-11-17(3)12-9-15-25(5,28)24-22(27)21-19-13-6-7-14-20(19)26(29)18(4)23(21)30-24/h6-7,10,12-14,18,22,24,27-28H,8-9,11,15H2,1-5H3/q-1/b17-12+/t18?,22-,24+,25-/m0/s1. The molecular weight excluding hydrogens is 378 g/mol. The van der Waals surface area contributed by atoms with Crippen molar-refractivity contribution in [3.8, 4) is 0 Å². The highest BCUT2D eigenvalue weighted by Crippen LogP contribution is 2.47.